The van der Waals surface area contributed by atoms with Crippen LogP contribution in [0.4, 0.5) is 8.78 Å². The Kier molecular flexibility index (Phi) is 6.42. The molecular formula is C26H23F2N3O2. The predicted molar refractivity (Wildman–Crippen MR) is 123 cm³/mol. The molecule has 0 saturated heterocycles. The second-order valence-electron chi connectivity index (χ2n) is 8.21. The van der Waals surface area contributed by atoms with Crippen molar-refractivity contribution in [3.05, 3.63) is 107 Å². The molecule has 2 aromatic carbocycles. The summed E-state index contributed by atoms with van der Waals surface area (Å²) in [6.45, 7) is 1.68. The lowest BCUT2D eigenvalue weighted by molar-refractivity contribution is 0.0850. The molecule has 33 heavy (non-hydrogen) atoms. The van der Waals surface area contributed by atoms with Gasteiger partial charge in [-0.1, -0.05) is 24.3 Å². The summed E-state index contributed by atoms with van der Waals surface area (Å²) in [6.07, 6.45) is 3.65. The molecule has 0 unspecified atom stereocenters. The van der Waals surface area contributed by atoms with Gasteiger partial charge in [0.1, 0.15) is 11.6 Å². The highest BCUT2D eigenvalue weighted by atomic mass is 19.1. The summed E-state index contributed by atoms with van der Waals surface area (Å²) in [5.74, 6) is -1.44. The van der Waals surface area contributed by atoms with Gasteiger partial charge in [0, 0.05) is 23.9 Å². The van der Waals surface area contributed by atoms with Crippen molar-refractivity contribution < 1.29 is 18.7 Å². The first-order valence-corrected chi connectivity index (χ1v) is 10.5. The lowest BCUT2D eigenvalue weighted by Gasteiger charge is -2.29. The number of hydrogen-bond donors (Lipinski definition) is 2. The zero-order chi connectivity index (χ0) is 23.4. The van der Waals surface area contributed by atoms with E-state index >= 15 is 0 Å². The first-order chi connectivity index (χ1) is 15.9. The van der Waals surface area contributed by atoms with Crippen molar-refractivity contribution >= 4 is 17.2 Å². The molecule has 1 atom stereocenters. The quantitative estimate of drug-likeness (QED) is 0.576. The first-order valence-electron chi connectivity index (χ1n) is 10.5. The summed E-state index contributed by atoms with van der Waals surface area (Å²) < 4.78 is 28.2. The van der Waals surface area contributed by atoms with E-state index in [-0.39, 0.29) is 23.6 Å². The molecule has 7 heteroatoms. The fraction of sp³-hybridized carbons (Fsp3) is 0.192. The molecule has 0 saturated carbocycles. The van der Waals surface area contributed by atoms with Gasteiger partial charge in [0.2, 0.25) is 0 Å². The molecule has 0 bridgehead atoms. The van der Waals surface area contributed by atoms with Gasteiger partial charge in [-0.05, 0) is 60.5 Å². The number of carbonyl (C=O) groups excluding carboxylic acids is 1. The van der Waals surface area contributed by atoms with E-state index in [1.807, 2.05) is 12.1 Å². The molecule has 5 nitrogen and oxygen atoms in total. The molecule has 1 aliphatic rings. The van der Waals surface area contributed by atoms with Gasteiger partial charge in [-0.2, -0.15) is 0 Å². The van der Waals surface area contributed by atoms with Crippen LogP contribution in [0.25, 0.3) is 5.57 Å². The van der Waals surface area contributed by atoms with E-state index in [9.17, 15) is 18.7 Å². The van der Waals surface area contributed by atoms with Crippen LogP contribution in [0.3, 0.4) is 0 Å². The van der Waals surface area contributed by atoms with E-state index in [0.717, 1.165) is 11.1 Å². The molecule has 1 amide bonds. The maximum Gasteiger partial charge on any atom is 0.252 e. The van der Waals surface area contributed by atoms with E-state index in [1.165, 1.54) is 30.3 Å². The molecule has 0 spiro atoms. The number of nitrogens with one attached hydrogen (secondary N) is 1. The summed E-state index contributed by atoms with van der Waals surface area (Å²) in [7, 11) is 0. The number of aliphatic imine (C=N–C) groups is 1. The summed E-state index contributed by atoms with van der Waals surface area (Å²) in [5, 5.41) is 12.8. The summed E-state index contributed by atoms with van der Waals surface area (Å²) in [6, 6.07) is 15.7. The smallest absolute Gasteiger partial charge is 0.252 e. The number of pyridine rings is 1. The molecule has 1 aliphatic heterocycles. The Morgan fingerprint density at radius 1 is 1.09 bits per heavy atom. The van der Waals surface area contributed by atoms with Crippen molar-refractivity contribution in [2.75, 3.05) is 13.2 Å². The highest BCUT2D eigenvalue weighted by molar-refractivity contribution is 6.19. The van der Waals surface area contributed by atoms with Crippen LogP contribution < -0.4 is 5.32 Å². The number of carbonyl (C=O) groups is 1. The molecule has 3 aromatic rings. The summed E-state index contributed by atoms with van der Waals surface area (Å²) >= 11 is 0. The Morgan fingerprint density at radius 3 is 2.58 bits per heavy atom. The minimum absolute atomic E-state index is 0.0882. The molecule has 0 radical (unpaired) electrons. The number of aliphatic hydroxyl groups is 1. The van der Waals surface area contributed by atoms with Crippen LogP contribution in [0.5, 0.6) is 0 Å². The standard InChI is InChI=1S/C26H23F2N3O2/c1-26(16-32,14-20-5-2-3-12-29-20)31-25(33)21-6-4-7-22(28)24(21)23-13-18(15-30-23)17-8-10-19(27)11-9-17/h2-13,32H,14-16H2,1H3,(H,31,33)/t26-/m0/s1. The monoisotopic (exact) mass is 447 g/mol. The number of aromatic nitrogens is 1. The molecule has 1 aromatic heterocycles. The molecule has 2 heterocycles. The summed E-state index contributed by atoms with van der Waals surface area (Å²) in [4.78, 5) is 21.9. The van der Waals surface area contributed by atoms with Crippen LogP contribution in [-0.2, 0) is 6.42 Å². The average Bonchev–Trinajstić information content (AvgIpc) is 3.29. The van der Waals surface area contributed by atoms with Gasteiger partial charge in [-0.15, -0.1) is 0 Å². The van der Waals surface area contributed by atoms with Gasteiger partial charge in [0.25, 0.3) is 5.91 Å². The SMILES string of the molecule is C[C@@](CO)(Cc1ccccn1)NC(=O)c1cccc(F)c1C1=NCC(c2ccc(F)cc2)=C1. The molecule has 0 fully saturated rings. The summed E-state index contributed by atoms with van der Waals surface area (Å²) in [5.41, 5.74) is 1.84. The van der Waals surface area contributed by atoms with Crippen LogP contribution in [0, 0.1) is 11.6 Å². The van der Waals surface area contributed by atoms with Crippen LogP contribution in [-0.4, -0.2) is 40.4 Å². The van der Waals surface area contributed by atoms with Crippen molar-refractivity contribution in [2.24, 2.45) is 4.99 Å². The Balaban J connectivity index is 1.61. The number of hydrogen-bond acceptors (Lipinski definition) is 4. The van der Waals surface area contributed by atoms with Crippen LogP contribution >= 0.6 is 0 Å². The lowest BCUT2D eigenvalue weighted by atomic mass is 9.94. The van der Waals surface area contributed by atoms with Crippen LogP contribution in [0.1, 0.15) is 34.1 Å². The average molecular weight is 447 g/mol. The van der Waals surface area contributed by atoms with Gasteiger partial charge < -0.3 is 10.4 Å². The second-order valence-corrected chi connectivity index (χ2v) is 8.21. The minimum Gasteiger partial charge on any atom is -0.394 e. The largest absolute Gasteiger partial charge is 0.394 e. The Bertz CT molecular complexity index is 1220. The zero-order valence-electron chi connectivity index (χ0n) is 18.1. The topological polar surface area (TPSA) is 74.6 Å². The Labute approximate surface area is 190 Å². The van der Waals surface area contributed by atoms with Crippen molar-refractivity contribution in [3.8, 4) is 0 Å². The van der Waals surface area contributed by atoms with Crippen molar-refractivity contribution in [3.63, 3.8) is 0 Å². The van der Waals surface area contributed by atoms with E-state index in [1.54, 1.807) is 37.4 Å². The Hall–Kier alpha value is -3.71. The first kappa shape index (κ1) is 22.5. The Morgan fingerprint density at radius 2 is 1.88 bits per heavy atom. The molecule has 2 N–H and O–H groups in total. The second kappa shape index (κ2) is 9.42. The maximum absolute atomic E-state index is 14.9. The number of nitrogens with zero attached hydrogens (tertiary/aromatic N) is 2. The van der Waals surface area contributed by atoms with E-state index in [0.29, 0.717) is 24.4 Å². The highest BCUT2D eigenvalue weighted by Gasteiger charge is 2.29. The third-order valence-electron chi connectivity index (χ3n) is 5.52. The third kappa shape index (κ3) is 5.04. The molecule has 4 rings (SSSR count). The number of amides is 1. The lowest BCUT2D eigenvalue weighted by Crippen LogP contribution is -2.51. The van der Waals surface area contributed by atoms with Crippen molar-refractivity contribution in [1.29, 1.82) is 0 Å². The van der Waals surface area contributed by atoms with E-state index in [4.69, 9.17) is 0 Å². The third-order valence-corrected chi connectivity index (χ3v) is 5.52. The van der Waals surface area contributed by atoms with Gasteiger partial charge in [-0.25, -0.2) is 8.78 Å². The number of halogens is 2. The predicted octanol–water partition coefficient (Wildman–Crippen LogP) is 3.97. The van der Waals surface area contributed by atoms with Crippen LogP contribution in [0.2, 0.25) is 0 Å². The van der Waals surface area contributed by atoms with E-state index in [2.05, 4.69) is 15.3 Å². The molecule has 0 aliphatic carbocycles. The van der Waals surface area contributed by atoms with Gasteiger partial charge in [0.05, 0.1) is 30.0 Å². The normalized spacial score (nSPS) is 14.9. The number of allylic oxidation sites excluding steroid dienone is 1. The van der Waals surface area contributed by atoms with Gasteiger partial charge in [0.15, 0.2) is 0 Å². The van der Waals surface area contributed by atoms with E-state index < -0.39 is 17.3 Å². The van der Waals surface area contributed by atoms with Gasteiger partial charge in [-0.3, -0.25) is 14.8 Å². The van der Waals surface area contributed by atoms with Crippen molar-refractivity contribution in [2.45, 2.75) is 18.9 Å². The zero-order valence-corrected chi connectivity index (χ0v) is 18.1. The van der Waals surface area contributed by atoms with Crippen LogP contribution in [0.15, 0.2) is 77.9 Å². The fourth-order valence-electron chi connectivity index (χ4n) is 3.77. The molecular weight excluding hydrogens is 424 g/mol. The molecule has 168 valence electrons. The number of aliphatic hydroxyl groups excluding tert-OH is 1. The highest BCUT2D eigenvalue weighted by Crippen LogP contribution is 2.25. The minimum atomic E-state index is -0.998. The maximum atomic E-state index is 14.9. The fourth-order valence-corrected chi connectivity index (χ4v) is 3.77. The number of benzene rings is 2. The van der Waals surface area contributed by atoms with Gasteiger partial charge >= 0.3 is 0 Å². The number of rotatable bonds is 7. The van der Waals surface area contributed by atoms with Crippen molar-refractivity contribution in [1.82, 2.24) is 10.3 Å².